The van der Waals surface area contributed by atoms with Gasteiger partial charge in [-0.15, -0.1) is 0 Å². The third-order valence-electron chi connectivity index (χ3n) is 29.9. The molecule has 0 bridgehead atoms. The van der Waals surface area contributed by atoms with Gasteiger partial charge in [0, 0.05) is 76.7 Å². The summed E-state index contributed by atoms with van der Waals surface area (Å²) in [6.07, 6.45) is 0. The minimum absolute atomic E-state index is 0.0765. The Hall–Kier alpha value is -16.4. The SMILES string of the molecule is CC1(C)c2ccccc2-c2cc3c4cc(-c5ccc6c(c5)c5ccccc5n6-c5ccc6c7ccccc7c7ccccc7c6c5)ccc4n(-c4ccc5c6ccccc6c6ccccc6c5c4)c3cc21.CC1(C)c2ccccc2-c2cc3c4cc(-c5ccc6c(c5)c5ccccc5n6-c5ccc6c7ccccc7c7ccccc7c6c5)ccc4n(-c4ccccc4)c3cc21. The molecule has 0 atom stereocenters. The van der Waals surface area contributed by atoms with Gasteiger partial charge in [0.25, 0.3) is 0 Å². The normalized spacial score (nSPS) is 13.4. The lowest BCUT2D eigenvalue weighted by Crippen LogP contribution is -2.14. The van der Waals surface area contributed by atoms with Gasteiger partial charge >= 0.3 is 0 Å². The highest BCUT2D eigenvalue weighted by Crippen LogP contribution is 2.55. The van der Waals surface area contributed by atoms with E-state index in [0.29, 0.717) is 0 Å². The first-order chi connectivity index (χ1) is 64.0. The predicted octanol–water partition coefficient (Wildman–Crippen LogP) is 34.1. The summed E-state index contributed by atoms with van der Waals surface area (Å²) in [4.78, 5) is 0. The molecule has 4 nitrogen and oxygen atoms in total. The smallest absolute Gasteiger partial charge is 0.0544 e. The molecule has 23 aromatic carbocycles. The van der Waals surface area contributed by atoms with Gasteiger partial charge in [-0.25, -0.2) is 0 Å². The largest absolute Gasteiger partial charge is 0.309 e. The second kappa shape index (κ2) is 27.1. The number of fused-ring (bicyclic) bond motifs is 36. The fourth-order valence-corrected chi connectivity index (χ4v) is 23.9. The standard InChI is InChI=1S/C69H44N2.C57H38N2/c1-69(2)63-25-13-11-23-55(63)59-39-62-61-36-42(28-34-67(61)71(68(62)40-64(59)69)44-30-32-54-50-20-6-4-16-46(50)48-18-8-10-22-52(48)58(54)38-44)41-27-33-66-60(35-41)56-24-12-14-26-65(56)70(66)43-29-31-53-49-19-5-3-15-45(49)47-17-7-9-21-51(47)57(53)37-43;1-57(2)51-22-12-10-20-44(51)47-33-50-49-31-36(25-29-55(49)58(56(50)34-52(47)57)37-14-4-3-5-15-37)35-24-28-54-48(30-35)45-21-11-13-23-53(45)59(54)38-26-27-43-41-18-7-6-16-39(41)40-17-8-9-19-42(40)46(43)32-38/h3-40H,1-2H3;3-34H,1-2H3. The molecule has 2 aliphatic carbocycles. The van der Waals surface area contributed by atoms with E-state index in [9.17, 15) is 0 Å². The average Bonchev–Trinajstić information content (AvgIpc) is 1.56. The topological polar surface area (TPSA) is 19.7 Å². The molecule has 0 unspecified atom stereocenters. The van der Waals surface area contributed by atoms with Crippen LogP contribution in [0.3, 0.4) is 0 Å². The van der Waals surface area contributed by atoms with Gasteiger partial charge in [0.1, 0.15) is 0 Å². The van der Waals surface area contributed by atoms with Crippen molar-refractivity contribution in [3.8, 4) is 67.3 Å². The number of benzene rings is 23. The van der Waals surface area contributed by atoms with Crippen LogP contribution in [-0.2, 0) is 10.8 Å². The van der Waals surface area contributed by atoms with Crippen molar-refractivity contribution in [3.05, 3.63) is 447 Å². The molecule has 2 aliphatic rings. The van der Waals surface area contributed by atoms with E-state index in [1.54, 1.807) is 0 Å². The zero-order valence-electron chi connectivity index (χ0n) is 72.2. The lowest BCUT2D eigenvalue weighted by atomic mass is 9.82. The molecule has 0 saturated heterocycles. The third kappa shape index (κ3) is 10.3. The summed E-state index contributed by atoms with van der Waals surface area (Å²) in [5, 5.41) is 33.2. The van der Waals surface area contributed by atoms with Crippen LogP contribution in [0.15, 0.2) is 425 Å². The van der Waals surface area contributed by atoms with Gasteiger partial charge in [-0.3, -0.25) is 0 Å². The summed E-state index contributed by atoms with van der Waals surface area (Å²) in [7, 11) is 0. The number of nitrogens with zero attached hydrogens (tertiary/aromatic N) is 4. The molecule has 0 saturated carbocycles. The Morgan fingerprint density at radius 1 is 0.131 bits per heavy atom. The summed E-state index contributed by atoms with van der Waals surface area (Å²) in [5.74, 6) is 0. The first-order valence-corrected chi connectivity index (χ1v) is 45.6. The van der Waals surface area contributed by atoms with Gasteiger partial charge in [0.2, 0.25) is 0 Å². The summed E-state index contributed by atoms with van der Waals surface area (Å²) < 4.78 is 9.91. The molecule has 0 radical (unpaired) electrons. The Bertz CT molecular complexity index is 9590. The van der Waals surface area contributed by atoms with Crippen molar-refractivity contribution < 1.29 is 0 Å². The van der Waals surface area contributed by atoms with E-state index in [2.05, 4.69) is 471 Å². The molecular weight excluding hydrogens is 1570 g/mol. The molecular formula is C126H82N4. The lowest BCUT2D eigenvalue weighted by molar-refractivity contribution is 0.661. The fourth-order valence-electron chi connectivity index (χ4n) is 23.9. The van der Waals surface area contributed by atoms with Gasteiger partial charge in [-0.05, 0) is 297 Å². The fraction of sp³-hybridized carbons (Fsp3) is 0.0476. The minimum atomic E-state index is -0.130. The molecule has 29 rings (SSSR count). The van der Waals surface area contributed by atoms with Crippen LogP contribution in [0.5, 0.6) is 0 Å². The second-order valence-electron chi connectivity index (χ2n) is 37.3. The van der Waals surface area contributed by atoms with Crippen LogP contribution < -0.4 is 0 Å². The highest BCUT2D eigenvalue weighted by molar-refractivity contribution is 6.29. The third-order valence-corrected chi connectivity index (χ3v) is 29.9. The van der Waals surface area contributed by atoms with E-state index in [-0.39, 0.29) is 10.8 Å². The van der Waals surface area contributed by atoms with Gasteiger partial charge in [-0.1, -0.05) is 319 Å². The second-order valence-corrected chi connectivity index (χ2v) is 37.3. The Kier molecular flexibility index (Phi) is 15.2. The van der Waals surface area contributed by atoms with Gasteiger partial charge in [0.15, 0.2) is 0 Å². The maximum atomic E-state index is 2.53. The van der Waals surface area contributed by atoms with Crippen molar-refractivity contribution >= 4 is 184 Å². The molecule has 606 valence electrons. The number of rotatable bonds is 6. The molecule has 0 N–H and O–H groups in total. The van der Waals surface area contributed by atoms with Gasteiger partial charge in [-0.2, -0.15) is 0 Å². The summed E-state index contributed by atoms with van der Waals surface area (Å²) >= 11 is 0. The van der Waals surface area contributed by atoms with Crippen molar-refractivity contribution in [1.82, 2.24) is 18.3 Å². The van der Waals surface area contributed by atoms with Crippen molar-refractivity contribution in [1.29, 1.82) is 0 Å². The van der Waals surface area contributed by atoms with E-state index in [1.165, 1.54) is 274 Å². The van der Waals surface area contributed by atoms with Gasteiger partial charge in [0.05, 0.1) is 44.1 Å². The zero-order valence-corrected chi connectivity index (χ0v) is 72.2. The number of para-hydroxylation sites is 3. The van der Waals surface area contributed by atoms with E-state index in [4.69, 9.17) is 0 Å². The molecule has 0 fully saturated rings. The van der Waals surface area contributed by atoms with Crippen LogP contribution in [0.25, 0.3) is 251 Å². The molecule has 27 aromatic rings. The van der Waals surface area contributed by atoms with E-state index < -0.39 is 0 Å². The molecule has 0 spiro atoms. The van der Waals surface area contributed by atoms with Crippen molar-refractivity contribution in [2.24, 2.45) is 0 Å². The quantitative estimate of drug-likeness (QED) is 0.148. The van der Waals surface area contributed by atoms with Crippen LogP contribution in [0.4, 0.5) is 0 Å². The Labute approximate surface area is 749 Å². The zero-order chi connectivity index (χ0) is 85.7. The summed E-state index contributed by atoms with van der Waals surface area (Å²) in [5.41, 5.74) is 30.0. The Morgan fingerprint density at radius 2 is 0.362 bits per heavy atom. The molecule has 0 amide bonds. The maximum absolute atomic E-state index is 2.53. The van der Waals surface area contributed by atoms with Gasteiger partial charge < -0.3 is 18.3 Å². The highest BCUT2D eigenvalue weighted by atomic mass is 15.0. The lowest BCUT2D eigenvalue weighted by Gasteiger charge is -2.21. The number of hydrogen-bond donors (Lipinski definition) is 0. The first kappa shape index (κ1) is 72.9. The molecule has 130 heavy (non-hydrogen) atoms. The summed E-state index contributed by atoms with van der Waals surface area (Å²) in [6, 6.07) is 159. The number of hydrogen-bond acceptors (Lipinski definition) is 0. The molecule has 4 aromatic heterocycles. The molecule has 4 heteroatoms. The van der Waals surface area contributed by atoms with Crippen LogP contribution in [0.1, 0.15) is 49.9 Å². The van der Waals surface area contributed by atoms with E-state index in [0.717, 1.165) is 0 Å². The minimum Gasteiger partial charge on any atom is -0.309 e. The van der Waals surface area contributed by atoms with Crippen molar-refractivity contribution in [2.45, 2.75) is 38.5 Å². The van der Waals surface area contributed by atoms with E-state index in [1.807, 2.05) is 0 Å². The Balaban J connectivity index is 0.000000133. The van der Waals surface area contributed by atoms with E-state index >= 15 is 0 Å². The average molecular weight is 1650 g/mol. The van der Waals surface area contributed by atoms with Crippen LogP contribution >= 0.6 is 0 Å². The number of aromatic nitrogens is 4. The predicted molar refractivity (Wildman–Crippen MR) is 554 cm³/mol. The summed E-state index contributed by atoms with van der Waals surface area (Å²) in [6.45, 7) is 9.51. The van der Waals surface area contributed by atoms with Crippen LogP contribution in [-0.4, -0.2) is 18.3 Å². The van der Waals surface area contributed by atoms with Crippen molar-refractivity contribution in [2.75, 3.05) is 0 Å². The van der Waals surface area contributed by atoms with Crippen molar-refractivity contribution in [3.63, 3.8) is 0 Å². The monoisotopic (exact) mass is 1650 g/mol. The molecule has 4 heterocycles. The first-order valence-electron chi connectivity index (χ1n) is 45.6. The molecule has 0 aliphatic heterocycles. The maximum Gasteiger partial charge on any atom is 0.0544 e. The van der Waals surface area contributed by atoms with Crippen LogP contribution in [0.2, 0.25) is 0 Å². The van der Waals surface area contributed by atoms with Crippen LogP contribution in [0, 0.1) is 0 Å². The highest BCUT2D eigenvalue weighted by Gasteiger charge is 2.38. The Morgan fingerprint density at radius 3 is 0.685 bits per heavy atom.